The van der Waals surface area contributed by atoms with Crippen molar-refractivity contribution in [1.29, 1.82) is 0 Å². The summed E-state index contributed by atoms with van der Waals surface area (Å²) in [6.45, 7) is 1.86. The topological polar surface area (TPSA) is 103 Å². The Labute approximate surface area is 198 Å². The molecule has 8 nitrogen and oxygen atoms in total. The van der Waals surface area contributed by atoms with Gasteiger partial charge in [-0.1, -0.05) is 23.2 Å². The van der Waals surface area contributed by atoms with Gasteiger partial charge in [0.2, 0.25) is 5.76 Å². The van der Waals surface area contributed by atoms with Gasteiger partial charge in [-0.3, -0.25) is 24.6 Å². The molecule has 3 aromatic carbocycles. The molecule has 1 atom stereocenters. The van der Waals surface area contributed by atoms with E-state index in [0.29, 0.717) is 28.0 Å². The second-order valence-corrected chi connectivity index (χ2v) is 8.33. The van der Waals surface area contributed by atoms with Crippen LogP contribution >= 0.6 is 11.6 Å². The lowest BCUT2D eigenvalue weighted by Crippen LogP contribution is -2.29. The summed E-state index contributed by atoms with van der Waals surface area (Å²) in [6.07, 6.45) is 0. The summed E-state index contributed by atoms with van der Waals surface area (Å²) in [7, 11) is 1.48. The summed E-state index contributed by atoms with van der Waals surface area (Å²) in [6, 6.07) is 14.9. The number of ether oxygens (including phenoxy) is 1. The zero-order valence-electron chi connectivity index (χ0n) is 18.1. The summed E-state index contributed by atoms with van der Waals surface area (Å²) in [5.74, 6) is -0.160. The molecule has 1 amide bonds. The van der Waals surface area contributed by atoms with Crippen molar-refractivity contribution in [2.75, 3.05) is 12.0 Å². The van der Waals surface area contributed by atoms with Crippen molar-refractivity contribution in [3.05, 3.63) is 108 Å². The molecule has 2 heterocycles. The highest BCUT2D eigenvalue weighted by Crippen LogP contribution is 2.43. The number of non-ortho nitro benzene ring substituents is 1. The number of hydrogen-bond donors (Lipinski definition) is 0. The maximum absolute atomic E-state index is 13.6. The molecule has 0 N–H and O–H groups in total. The zero-order valence-corrected chi connectivity index (χ0v) is 18.8. The number of anilines is 1. The fourth-order valence-electron chi connectivity index (χ4n) is 4.25. The van der Waals surface area contributed by atoms with E-state index >= 15 is 0 Å². The minimum atomic E-state index is -0.867. The first-order valence-corrected chi connectivity index (χ1v) is 10.7. The normalized spacial score (nSPS) is 15.0. The van der Waals surface area contributed by atoms with Crippen molar-refractivity contribution in [2.45, 2.75) is 13.0 Å². The Morgan fingerprint density at radius 2 is 1.79 bits per heavy atom. The number of nitro groups is 1. The molecular weight excluding hydrogens is 460 g/mol. The van der Waals surface area contributed by atoms with Crippen LogP contribution in [0.2, 0.25) is 5.02 Å². The van der Waals surface area contributed by atoms with Gasteiger partial charge in [-0.05, 0) is 55.0 Å². The highest BCUT2D eigenvalue weighted by Gasteiger charge is 2.44. The number of carbonyl (C=O) groups is 1. The van der Waals surface area contributed by atoms with E-state index in [2.05, 4.69) is 0 Å². The molecule has 1 unspecified atom stereocenters. The Morgan fingerprint density at radius 1 is 1.06 bits per heavy atom. The second kappa shape index (κ2) is 8.00. The second-order valence-electron chi connectivity index (χ2n) is 7.92. The largest absolute Gasteiger partial charge is 0.495 e. The minimum Gasteiger partial charge on any atom is -0.495 e. The number of nitrogens with zero attached hydrogens (tertiary/aromatic N) is 2. The van der Waals surface area contributed by atoms with Crippen molar-refractivity contribution in [2.24, 2.45) is 0 Å². The van der Waals surface area contributed by atoms with Crippen LogP contribution in [0.1, 0.15) is 33.3 Å². The van der Waals surface area contributed by atoms with Crippen molar-refractivity contribution in [3.8, 4) is 5.75 Å². The number of amides is 1. The molecule has 0 radical (unpaired) electrons. The van der Waals surface area contributed by atoms with Crippen LogP contribution < -0.4 is 15.1 Å². The van der Waals surface area contributed by atoms with E-state index < -0.39 is 16.9 Å². The van der Waals surface area contributed by atoms with Gasteiger partial charge in [-0.25, -0.2) is 0 Å². The van der Waals surface area contributed by atoms with Gasteiger partial charge in [-0.15, -0.1) is 0 Å². The number of nitro benzene ring substituents is 1. The number of hydrogen-bond acceptors (Lipinski definition) is 6. The molecule has 0 aliphatic carbocycles. The van der Waals surface area contributed by atoms with Gasteiger partial charge >= 0.3 is 0 Å². The zero-order chi connectivity index (χ0) is 24.1. The van der Waals surface area contributed by atoms with E-state index in [0.717, 1.165) is 5.56 Å². The van der Waals surface area contributed by atoms with Crippen molar-refractivity contribution in [3.63, 3.8) is 0 Å². The molecule has 1 aromatic heterocycles. The Bertz CT molecular complexity index is 1540. The van der Waals surface area contributed by atoms with Crippen molar-refractivity contribution in [1.82, 2.24) is 0 Å². The number of fused-ring (bicyclic) bond motifs is 2. The smallest absolute Gasteiger partial charge is 0.295 e. The Kier molecular flexibility index (Phi) is 5.10. The molecule has 1 aliphatic heterocycles. The van der Waals surface area contributed by atoms with E-state index in [1.807, 2.05) is 6.92 Å². The third-order valence-corrected chi connectivity index (χ3v) is 6.15. The lowest BCUT2D eigenvalue weighted by atomic mass is 9.97. The Balaban J connectivity index is 1.78. The quantitative estimate of drug-likeness (QED) is 0.288. The molecule has 9 heteroatoms. The molecule has 0 bridgehead atoms. The van der Waals surface area contributed by atoms with E-state index in [4.69, 9.17) is 20.8 Å². The molecule has 5 rings (SSSR count). The predicted molar refractivity (Wildman–Crippen MR) is 127 cm³/mol. The first-order chi connectivity index (χ1) is 16.3. The Morgan fingerprint density at radius 3 is 2.44 bits per heavy atom. The van der Waals surface area contributed by atoms with Gasteiger partial charge in [0.15, 0.2) is 5.43 Å². The fraction of sp³-hybridized carbons (Fsp3) is 0.120. The lowest BCUT2D eigenvalue weighted by molar-refractivity contribution is -0.384. The van der Waals surface area contributed by atoms with Gasteiger partial charge in [-0.2, -0.15) is 0 Å². The minimum absolute atomic E-state index is 0.0725. The van der Waals surface area contributed by atoms with Crippen LogP contribution in [0.25, 0.3) is 11.0 Å². The summed E-state index contributed by atoms with van der Waals surface area (Å²) in [4.78, 5) is 39.3. The number of rotatable bonds is 4. The molecule has 0 fully saturated rings. The van der Waals surface area contributed by atoms with Gasteiger partial charge in [0.25, 0.3) is 11.6 Å². The van der Waals surface area contributed by atoms with Gasteiger partial charge in [0.1, 0.15) is 11.3 Å². The SMILES string of the molecule is COc1ccc(N2C(=O)c3oc4ccc(C)cc4c(=O)c3C2c2ccc([N+](=O)[O-])cc2)cc1Cl. The van der Waals surface area contributed by atoms with Crippen LogP contribution in [0.5, 0.6) is 5.75 Å². The molecule has 34 heavy (non-hydrogen) atoms. The maximum Gasteiger partial charge on any atom is 0.295 e. The molecule has 4 aromatic rings. The number of benzene rings is 3. The molecule has 0 saturated carbocycles. The monoisotopic (exact) mass is 476 g/mol. The standard InChI is InChI=1S/C25H17ClN2O6/c1-13-3-9-19-17(11-13)23(29)21-22(14-4-6-15(7-5-14)28(31)32)27(25(30)24(21)34-19)16-8-10-20(33-2)18(26)12-16/h3-12,22H,1-2H3. The predicted octanol–water partition coefficient (Wildman–Crippen LogP) is 5.42. The van der Waals surface area contributed by atoms with Crippen LogP contribution in [-0.2, 0) is 0 Å². The highest BCUT2D eigenvalue weighted by atomic mass is 35.5. The third-order valence-electron chi connectivity index (χ3n) is 5.86. The van der Waals surface area contributed by atoms with Crippen LogP contribution in [-0.4, -0.2) is 17.9 Å². The lowest BCUT2D eigenvalue weighted by Gasteiger charge is -2.25. The van der Waals surface area contributed by atoms with E-state index in [9.17, 15) is 19.7 Å². The molecule has 0 spiro atoms. The van der Waals surface area contributed by atoms with Gasteiger partial charge in [0, 0.05) is 17.8 Å². The van der Waals surface area contributed by atoms with Crippen LogP contribution in [0.4, 0.5) is 11.4 Å². The maximum atomic E-state index is 13.6. The van der Waals surface area contributed by atoms with Gasteiger partial charge in [0.05, 0.1) is 34.0 Å². The summed E-state index contributed by atoms with van der Waals surface area (Å²) in [5.41, 5.74) is 1.85. The van der Waals surface area contributed by atoms with Crippen LogP contribution in [0, 0.1) is 17.0 Å². The number of carbonyl (C=O) groups excluding carboxylic acids is 1. The highest BCUT2D eigenvalue weighted by molar-refractivity contribution is 6.32. The fourth-order valence-corrected chi connectivity index (χ4v) is 4.50. The summed E-state index contributed by atoms with van der Waals surface area (Å²) >= 11 is 6.33. The third kappa shape index (κ3) is 3.31. The van der Waals surface area contributed by atoms with E-state index in [-0.39, 0.29) is 27.5 Å². The molecular formula is C25H17ClN2O6. The number of halogens is 1. The average molecular weight is 477 g/mol. The first kappa shape index (κ1) is 21.7. The van der Waals surface area contributed by atoms with Crippen LogP contribution in [0.15, 0.2) is 69.9 Å². The molecule has 0 saturated heterocycles. The van der Waals surface area contributed by atoms with Crippen molar-refractivity contribution < 1.29 is 18.9 Å². The van der Waals surface area contributed by atoms with E-state index in [1.54, 1.807) is 36.4 Å². The summed E-state index contributed by atoms with van der Waals surface area (Å²) in [5, 5.41) is 11.8. The van der Waals surface area contributed by atoms with Gasteiger partial charge < -0.3 is 9.15 Å². The number of methoxy groups -OCH3 is 1. The molecule has 170 valence electrons. The van der Waals surface area contributed by atoms with Crippen molar-refractivity contribution >= 4 is 39.9 Å². The Hall–Kier alpha value is -4.17. The van der Waals surface area contributed by atoms with Crippen LogP contribution in [0.3, 0.4) is 0 Å². The first-order valence-electron chi connectivity index (χ1n) is 10.3. The molecule has 1 aliphatic rings. The average Bonchev–Trinajstić information content (AvgIpc) is 3.12. The number of aryl methyl sites for hydroxylation is 1. The van der Waals surface area contributed by atoms with E-state index in [1.165, 1.54) is 36.3 Å². The summed E-state index contributed by atoms with van der Waals surface area (Å²) < 4.78 is 11.1.